The van der Waals surface area contributed by atoms with Crippen LogP contribution in [0.4, 0.5) is 0 Å². The summed E-state index contributed by atoms with van der Waals surface area (Å²) in [6.07, 6.45) is 9.45. The Morgan fingerprint density at radius 2 is 1.90 bits per heavy atom. The highest BCUT2D eigenvalue weighted by Gasteiger charge is 2.15. The third-order valence-corrected chi connectivity index (χ3v) is 3.95. The van der Waals surface area contributed by atoms with Gasteiger partial charge in [-0.2, -0.15) is 5.10 Å². The smallest absolute Gasteiger partial charge is 0.0892 e. The lowest BCUT2D eigenvalue weighted by atomic mass is 9.99. The molecule has 2 heterocycles. The van der Waals surface area contributed by atoms with Gasteiger partial charge in [0, 0.05) is 24.0 Å². The summed E-state index contributed by atoms with van der Waals surface area (Å²) in [7, 11) is 1.99. The van der Waals surface area contributed by atoms with Gasteiger partial charge in [0.05, 0.1) is 17.9 Å². The van der Waals surface area contributed by atoms with Gasteiger partial charge in [-0.3, -0.25) is 4.98 Å². The standard InChI is InChI=1S/C17H20N4/c1-3-13-4-6-14(7-5-13)10-16(18-2)15-11-20-21-9-8-19-12-17(15)21/h4-9,11-12,16,18H,3,10H2,1-2H3. The Bertz CT molecular complexity index is 715. The molecule has 0 spiro atoms. The summed E-state index contributed by atoms with van der Waals surface area (Å²) in [5.41, 5.74) is 4.95. The number of hydrogen-bond acceptors (Lipinski definition) is 3. The first-order valence-corrected chi connectivity index (χ1v) is 7.34. The highest BCUT2D eigenvalue weighted by molar-refractivity contribution is 5.53. The van der Waals surface area contributed by atoms with Crippen LogP contribution in [0.5, 0.6) is 0 Å². The van der Waals surface area contributed by atoms with Gasteiger partial charge in [-0.25, -0.2) is 4.52 Å². The van der Waals surface area contributed by atoms with Crippen LogP contribution in [0.3, 0.4) is 0 Å². The molecule has 0 aliphatic heterocycles. The van der Waals surface area contributed by atoms with E-state index in [0.29, 0.717) is 0 Å². The molecule has 1 unspecified atom stereocenters. The van der Waals surface area contributed by atoms with Crippen LogP contribution in [-0.4, -0.2) is 21.6 Å². The minimum Gasteiger partial charge on any atom is -0.313 e. The van der Waals surface area contributed by atoms with Crippen molar-refractivity contribution < 1.29 is 0 Å². The van der Waals surface area contributed by atoms with Crippen LogP contribution in [-0.2, 0) is 12.8 Å². The van der Waals surface area contributed by atoms with Crippen LogP contribution in [0.1, 0.15) is 29.7 Å². The van der Waals surface area contributed by atoms with Gasteiger partial charge < -0.3 is 5.32 Å². The fraction of sp³-hybridized carbons (Fsp3) is 0.294. The number of fused-ring (bicyclic) bond motifs is 1. The Labute approximate surface area is 124 Å². The van der Waals surface area contributed by atoms with Gasteiger partial charge in [0.25, 0.3) is 0 Å². The van der Waals surface area contributed by atoms with Crippen molar-refractivity contribution in [3.05, 3.63) is 65.7 Å². The molecule has 1 atom stereocenters. The van der Waals surface area contributed by atoms with E-state index >= 15 is 0 Å². The van der Waals surface area contributed by atoms with E-state index in [1.165, 1.54) is 16.7 Å². The molecule has 1 aromatic carbocycles. The molecule has 4 heteroatoms. The zero-order chi connectivity index (χ0) is 14.7. The fourth-order valence-electron chi connectivity index (χ4n) is 2.64. The lowest BCUT2D eigenvalue weighted by Crippen LogP contribution is -2.18. The monoisotopic (exact) mass is 280 g/mol. The molecule has 4 nitrogen and oxygen atoms in total. The fourth-order valence-corrected chi connectivity index (χ4v) is 2.64. The molecule has 0 aliphatic carbocycles. The van der Waals surface area contributed by atoms with E-state index in [-0.39, 0.29) is 6.04 Å². The molecule has 0 radical (unpaired) electrons. The van der Waals surface area contributed by atoms with Crippen molar-refractivity contribution in [2.45, 2.75) is 25.8 Å². The van der Waals surface area contributed by atoms with Gasteiger partial charge in [-0.05, 0) is 31.0 Å². The average Bonchev–Trinajstić information content (AvgIpc) is 2.97. The number of aryl methyl sites for hydroxylation is 1. The van der Waals surface area contributed by atoms with E-state index in [0.717, 1.165) is 18.4 Å². The van der Waals surface area contributed by atoms with Gasteiger partial charge in [-0.15, -0.1) is 0 Å². The summed E-state index contributed by atoms with van der Waals surface area (Å²) in [5.74, 6) is 0. The van der Waals surface area contributed by atoms with Crippen molar-refractivity contribution in [2.24, 2.45) is 0 Å². The zero-order valence-corrected chi connectivity index (χ0v) is 12.5. The van der Waals surface area contributed by atoms with E-state index in [2.05, 4.69) is 46.6 Å². The quantitative estimate of drug-likeness (QED) is 0.781. The first-order valence-electron chi connectivity index (χ1n) is 7.34. The molecule has 108 valence electrons. The first-order chi connectivity index (χ1) is 10.3. The molecule has 2 aromatic heterocycles. The van der Waals surface area contributed by atoms with Gasteiger partial charge in [0.1, 0.15) is 0 Å². The molecule has 0 saturated carbocycles. The number of hydrogen-bond donors (Lipinski definition) is 1. The Morgan fingerprint density at radius 3 is 2.62 bits per heavy atom. The maximum absolute atomic E-state index is 4.39. The Morgan fingerprint density at radius 1 is 1.14 bits per heavy atom. The van der Waals surface area contributed by atoms with Crippen LogP contribution in [0.15, 0.2) is 49.1 Å². The van der Waals surface area contributed by atoms with Crippen LogP contribution >= 0.6 is 0 Å². The average molecular weight is 280 g/mol. The number of aromatic nitrogens is 3. The van der Waals surface area contributed by atoms with Crippen molar-refractivity contribution in [3.63, 3.8) is 0 Å². The molecule has 0 saturated heterocycles. The van der Waals surface area contributed by atoms with Gasteiger partial charge in [0.15, 0.2) is 0 Å². The first kappa shape index (κ1) is 13.8. The summed E-state index contributed by atoms with van der Waals surface area (Å²) in [6, 6.07) is 9.08. The predicted octanol–water partition coefficient (Wildman–Crippen LogP) is 2.79. The second-order valence-electron chi connectivity index (χ2n) is 5.22. The lowest BCUT2D eigenvalue weighted by molar-refractivity contribution is 0.596. The van der Waals surface area contributed by atoms with Crippen LogP contribution < -0.4 is 5.32 Å². The van der Waals surface area contributed by atoms with Crippen molar-refractivity contribution in [1.29, 1.82) is 0 Å². The van der Waals surface area contributed by atoms with Gasteiger partial charge >= 0.3 is 0 Å². The molecule has 3 rings (SSSR count). The molecule has 0 bridgehead atoms. The SMILES string of the molecule is CCc1ccc(CC(NC)c2cnn3ccncc23)cc1. The summed E-state index contributed by atoms with van der Waals surface area (Å²) in [5, 5.41) is 7.79. The van der Waals surface area contributed by atoms with Gasteiger partial charge in [0.2, 0.25) is 0 Å². The molecule has 0 fully saturated rings. The number of likely N-dealkylation sites (N-methyl/N-ethyl adjacent to an activating group) is 1. The lowest BCUT2D eigenvalue weighted by Gasteiger charge is -2.15. The maximum Gasteiger partial charge on any atom is 0.0892 e. The van der Waals surface area contributed by atoms with Crippen LogP contribution in [0.2, 0.25) is 0 Å². The maximum atomic E-state index is 4.39. The second-order valence-corrected chi connectivity index (χ2v) is 5.22. The normalized spacial score (nSPS) is 12.7. The largest absolute Gasteiger partial charge is 0.313 e. The third kappa shape index (κ3) is 2.81. The summed E-state index contributed by atoms with van der Waals surface area (Å²) >= 11 is 0. The number of nitrogens with one attached hydrogen (secondary N) is 1. The number of benzene rings is 1. The third-order valence-electron chi connectivity index (χ3n) is 3.95. The van der Waals surface area contributed by atoms with E-state index < -0.39 is 0 Å². The van der Waals surface area contributed by atoms with Crippen molar-refractivity contribution in [1.82, 2.24) is 19.9 Å². The second kappa shape index (κ2) is 6.06. The topological polar surface area (TPSA) is 42.2 Å². The molecule has 3 aromatic rings. The molecular formula is C17H20N4. The van der Waals surface area contributed by atoms with E-state index in [1.807, 2.05) is 30.2 Å². The molecule has 21 heavy (non-hydrogen) atoms. The highest BCUT2D eigenvalue weighted by Crippen LogP contribution is 2.22. The van der Waals surface area contributed by atoms with Gasteiger partial charge in [-0.1, -0.05) is 31.2 Å². The Kier molecular flexibility index (Phi) is 3.97. The van der Waals surface area contributed by atoms with E-state index in [1.54, 1.807) is 6.20 Å². The Balaban J connectivity index is 1.87. The number of rotatable bonds is 5. The summed E-state index contributed by atoms with van der Waals surface area (Å²) in [4.78, 5) is 4.20. The molecular weight excluding hydrogens is 260 g/mol. The van der Waals surface area contributed by atoms with Crippen LogP contribution in [0.25, 0.3) is 5.52 Å². The molecule has 0 amide bonds. The Hall–Kier alpha value is -2.20. The highest BCUT2D eigenvalue weighted by atomic mass is 15.2. The predicted molar refractivity (Wildman–Crippen MR) is 84.3 cm³/mol. The molecule has 0 aliphatic rings. The van der Waals surface area contributed by atoms with Crippen molar-refractivity contribution in [2.75, 3.05) is 7.05 Å². The summed E-state index contributed by atoms with van der Waals surface area (Å²) in [6.45, 7) is 2.18. The van der Waals surface area contributed by atoms with Crippen molar-refractivity contribution in [3.8, 4) is 0 Å². The minimum absolute atomic E-state index is 0.235. The van der Waals surface area contributed by atoms with Crippen molar-refractivity contribution >= 4 is 5.52 Å². The zero-order valence-electron chi connectivity index (χ0n) is 12.5. The molecule has 1 N–H and O–H groups in total. The van der Waals surface area contributed by atoms with E-state index in [4.69, 9.17) is 0 Å². The minimum atomic E-state index is 0.235. The number of nitrogens with zero attached hydrogens (tertiary/aromatic N) is 3. The van der Waals surface area contributed by atoms with E-state index in [9.17, 15) is 0 Å². The van der Waals surface area contributed by atoms with Crippen LogP contribution in [0, 0.1) is 0 Å². The summed E-state index contributed by atoms with van der Waals surface area (Å²) < 4.78 is 1.87.